The van der Waals surface area contributed by atoms with Crippen LogP contribution in [-0.4, -0.2) is 43.4 Å². The fourth-order valence-corrected chi connectivity index (χ4v) is 3.39. The smallest absolute Gasteiger partial charge is 0.330 e. The van der Waals surface area contributed by atoms with Gasteiger partial charge in [-0.15, -0.1) is 0 Å². The van der Waals surface area contributed by atoms with E-state index in [2.05, 4.69) is 15.6 Å². The van der Waals surface area contributed by atoms with E-state index in [1.807, 2.05) is 30.3 Å². The van der Waals surface area contributed by atoms with E-state index in [-0.39, 0.29) is 31.1 Å². The number of carbonyl (C=O) groups excluding carboxylic acids is 1. The Kier molecular flexibility index (Phi) is 8.47. The number of nitrogens with zero attached hydrogens (tertiary/aromatic N) is 1. The summed E-state index contributed by atoms with van der Waals surface area (Å²) in [4.78, 5) is 40.5. The van der Waals surface area contributed by atoms with Crippen LogP contribution in [0.5, 0.6) is 11.5 Å². The van der Waals surface area contributed by atoms with Gasteiger partial charge in [-0.1, -0.05) is 36.4 Å². The zero-order valence-electron chi connectivity index (χ0n) is 19.3. The Labute approximate surface area is 196 Å². The fraction of sp³-hybridized carbons (Fsp3) is 0.292. The average molecular weight is 469 g/mol. The number of methoxy groups -OCH3 is 3. The Balaban J connectivity index is 1.93. The highest BCUT2D eigenvalue weighted by atomic mass is 16.5. The molecular formula is C24H28N4O6. The molecule has 3 aromatic rings. The van der Waals surface area contributed by atoms with E-state index < -0.39 is 17.2 Å². The van der Waals surface area contributed by atoms with Crippen molar-refractivity contribution in [1.82, 2.24) is 9.55 Å². The first-order chi connectivity index (χ1) is 16.5. The maximum absolute atomic E-state index is 13.0. The van der Waals surface area contributed by atoms with E-state index in [4.69, 9.17) is 14.2 Å². The number of H-pyrrole nitrogens is 1. The van der Waals surface area contributed by atoms with Crippen molar-refractivity contribution in [3.8, 4) is 11.5 Å². The van der Waals surface area contributed by atoms with Crippen LogP contribution in [0, 0.1) is 0 Å². The molecule has 1 amide bonds. The molecule has 10 heteroatoms. The van der Waals surface area contributed by atoms with Crippen molar-refractivity contribution in [3.63, 3.8) is 0 Å². The molecule has 0 fully saturated rings. The lowest BCUT2D eigenvalue weighted by Gasteiger charge is -2.18. The first kappa shape index (κ1) is 24.6. The molecule has 3 rings (SSSR count). The summed E-state index contributed by atoms with van der Waals surface area (Å²) in [6.45, 7) is 0.661. The Bertz CT molecular complexity index is 1240. The summed E-state index contributed by atoms with van der Waals surface area (Å²) < 4.78 is 16.9. The quantitative estimate of drug-likeness (QED) is 0.393. The Morgan fingerprint density at radius 1 is 1.03 bits per heavy atom. The summed E-state index contributed by atoms with van der Waals surface area (Å²) in [5.74, 6) is 0.720. The number of hydrogen-bond acceptors (Lipinski definition) is 7. The first-order valence-electron chi connectivity index (χ1n) is 10.6. The molecule has 1 aromatic heterocycles. The monoisotopic (exact) mass is 468 g/mol. The molecule has 3 N–H and O–H groups in total. The van der Waals surface area contributed by atoms with Gasteiger partial charge in [-0.05, 0) is 11.6 Å². The van der Waals surface area contributed by atoms with Gasteiger partial charge in [0.1, 0.15) is 23.0 Å². The highest BCUT2D eigenvalue weighted by Crippen LogP contribution is 2.25. The summed E-state index contributed by atoms with van der Waals surface area (Å²) in [6.07, 6.45) is -0.0451. The molecule has 0 aliphatic carbocycles. The molecule has 0 saturated heterocycles. The number of aromatic amines is 1. The second kappa shape index (κ2) is 11.7. The van der Waals surface area contributed by atoms with E-state index in [1.165, 1.54) is 25.9 Å². The Morgan fingerprint density at radius 2 is 1.79 bits per heavy atom. The summed E-state index contributed by atoms with van der Waals surface area (Å²) >= 11 is 0. The van der Waals surface area contributed by atoms with Crippen LogP contribution in [0.15, 0.2) is 58.1 Å². The van der Waals surface area contributed by atoms with Crippen LogP contribution >= 0.6 is 0 Å². The number of nitrogens with one attached hydrogen (secondary N) is 3. The molecule has 0 spiro atoms. The van der Waals surface area contributed by atoms with Crippen molar-refractivity contribution >= 4 is 17.4 Å². The number of anilines is 2. The summed E-state index contributed by atoms with van der Waals surface area (Å²) in [5.41, 5.74) is 0.346. The lowest BCUT2D eigenvalue weighted by molar-refractivity contribution is -0.115. The summed E-state index contributed by atoms with van der Waals surface area (Å²) in [7, 11) is 4.54. The van der Waals surface area contributed by atoms with Gasteiger partial charge in [0.25, 0.3) is 5.56 Å². The number of hydrogen-bond donors (Lipinski definition) is 3. The standard InChI is InChI=1S/C24H28N4O6/c1-32-12-11-28-22(26-20(29)13-17-9-10-18(33-2)14-19(17)34-3)21(23(30)27-24(28)31)25-15-16-7-5-4-6-8-16/h4-10,14,25H,11-13,15H2,1-3H3,(H,26,29)(H,27,30,31). The van der Waals surface area contributed by atoms with Gasteiger partial charge in [-0.3, -0.25) is 19.1 Å². The van der Waals surface area contributed by atoms with E-state index >= 15 is 0 Å². The second-order valence-corrected chi connectivity index (χ2v) is 7.37. The van der Waals surface area contributed by atoms with Crippen LogP contribution in [-0.2, 0) is 29.0 Å². The fourth-order valence-electron chi connectivity index (χ4n) is 3.39. The molecule has 180 valence electrons. The van der Waals surface area contributed by atoms with Gasteiger partial charge in [0.15, 0.2) is 0 Å². The first-order valence-corrected chi connectivity index (χ1v) is 10.6. The zero-order valence-corrected chi connectivity index (χ0v) is 19.3. The SMILES string of the molecule is COCCn1c(NC(=O)Cc2ccc(OC)cc2OC)c(NCc2ccccc2)c(=O)[nH]c1=O. The average Bonchev–Trinajstić information content (AvgIpc) is 2.84. The molecule has 0 saturated carbocycles. The van der Waals surface area contributed by atoms with Gasteiger partial charge < -0.3 is 24.8 Å². The molecule has 0 aliphatic rings. The number of rotatable bonds is 11. The van der Waals surface area contributed by atoms with Crippen molar-refractivity contribution < 1.29 is 19.0 Å². The zero-order chi connectivity index (χ0) is 24.5. The van der Waals surface area contributed by atoms with E-state index in [0.717, 1.165) is 5.56 Å². The van der Waals surface area contributed by atoms with Gasteiger partial charge in [-0.2, -0.15) is 0 Å². The third-order valence-electron chi connectivity index (χ3n) is 5.13. The topological polar surface area (TPSA) is 124 Å². The maximum Gasteiger partial charge on any atom is 0.330 e. The van der Waals surface area contributed by atoms with E-state index in [0.29, 0.717) is 23.6 Å². The molecule has 10 nitrogen and oxygen atoms in total. The van der Waals surface area contributed by atoms with Crippen molar-refractivity contribution in [2.45, 2.75) is 19.5 Å². The van der Waals surface area contributed by atoms with Crippen molar-refractivity contribution in [3.05, 3.63) is 80.5 Å². The maximum atomic E-state index is 13.0. The van der Waals surface area contributed by atoms with Crippen LogP contribution in [0.4, 0.5) is 11.5 Å². The molecule has 0 unspecified atom stereocenters. The van der Waals surface area contributed by atoms with Gasteiger partial charge in [0.2, 0.25) is 5.91 Å². The number of aromatic nitrogens is 2. The lowest BCUT2D eigenvalue weighted by atomic mass is 10.1. The lowest BCUT2D eigenvalue weighted by Crippen LogP contribution is -2.36. The second-order valence-electron chi connectivity index (χ2n) is 7.37. The summed E-state index contributed by atoms with van der Waals surface area (Å²) in [5, 5.41) is 5.78. The van der Waals surface area contributed by atoms with E-state index in [1.54, 1.807) is 18.2 Å². The largest absolute Gasteiger partial charge is 0.497 e. The minimum absolute atomic E-state index is 0.0451. The normalized spacial score (nSPS) is 10.6. The highest BCUT2D eigenvalue weighted by Gasteiger charge is 2.19. The van der Waals surface area contributed by atoms with Gasteiger partial charge in [0, 0.05) is 25.3 Å². The predicted octanol–water partition coefficient (Wildman–Crippen LogP) is 1.99. The number of amides is 1. The molecule has 2 aromatic carbocycles. The van der Waals surface area contributed by atoms with Crippen molar-refractivity contribution in [2.24, 2.45) is 0 Å². The Morgan fingerprint density at radius 3 is 2.47 bits per heavy atom. The molecule has 0 radical (unpaired) electrons. The molecular weight excluding hydrogens is 440 g/mol. The summed E-state index contributed by atoms with van der Waals surface area (Å²) in [6, 6.07) is 14.6. The van der Waals surface area contributed by atoms with Crippen molar-refractivity contribution in [1.29, 1.82) is 0 Å². The van der Waals surface area contributed by atoms with Gasteiger partial charge in [-0.25, -0.2) is 4.79 Å². The number of carbonyl (C=O) groups is 1. The third kappa shape index (κ3) is 6.04. The molecule has 1 heterocycles. The number of benzene rings is 2. The number of ether oxygens (including phenoxy) is 3. The highest BCUT2D eigenvalue weighted by molar-refractivity contribution is 5.94. The van der Waals surface area contributed by atoms with Crippen LogP contribution in [0.25, 0.3) is 0 Å². The van der Waals surface area contributed by atoms with Crippen LogP contribution in [0.2, 0.25) is 0 Å². The van der Waals surface area contributed by atoms with Crippen LogP contribution < -0.4 is 31.4 Å². The third-order valence-corrected chi connectivity index (χ3v) is 5.13. The van der Waals surface area contributed by atoms with Crippen LogP contribution in [0.3, 0.4) is 0 Å². The van der Waals surface area contributed by atoms with E-state index in [9.17, 15) is 14.4 Å². The van der Waals surface area contributed by atoms with Crippen LogP contribution in [0.1, 0.15) is 11.1 Å². The Hall–Kier alpha value is -4.05. The van der Waals surface area contributed by atoms with Gasteiger partial charge >= 0.3 is 5.69 Å². The minimum atomic E-state index is -0.648. The molecule has 0 bridgehead atoms. The molecule has 0 atom stereocenters. The molecule has 34 heavy (non-hydrogen) atoms. The van der Waals surface area contributed by atoms with Gasteiger partial charge in [0.05, 0.1) is 33.8 Å². The van der Waals surface area contributed by atoms with Crippen molar-refractivity contribution in [2.75, 3.05) is 38.6 Å². The minimum Gasteiger partial charge on any atom is -0.497 e. The predicted molar refractivity (Wildman–Crippen MR) is 129 cm³/mol. The molecule has 0 aliphatic heterocycles.